The fraction of sp³-hybridized carbons (Fsp3) is 0.300. The number of carbonyl (C=O) groups is 3. The van der Waals surface area contributed by atoms with E-state index in [2.05, 4.69) is 17.4 Å². The Morgan fingerprint density at radius 2 is 1.84 bits per heavy atom. The number of hydrogen-bond acceptors (Lipinski definition) is 5. The number of ether oxygens (including phenoxy) is 2. The third-order valence-electron chi connectivity index (χ3n) is 6.96. The van der Waals surface area contributed by atoms with E-state index in [0.29, 0.717) is 24.4 Å². The van der Waals surface area contributed by atoms with E-state index in [1.807, 2.05) is 30.0 Å². The van der Waals surface area contributed by atoms with Crippen LogP contribution in [0.2, 0.25) is 0 Å². The highest BCUT2D eigenvalue weighted by molar-refractivity contribution is 6.06. The largest absolute Gasteiger partial charge is 0.480 e. The van der Waals surface area contributed by atoms with Gasteiger partial charge in [-0.1, -0.05) is 43.3 Å². The molecule has 0 radical (unpaired) electrons. The third-order valence-corrected chi connectivity index (χ3v) is 6.96. The lowest BCUT2D eigenvalue weighted by Gasteiger charge is -2.36. The molecule has 0 aromatic heterocycles. The number of rotatable bonds is 5. The van der Waals surface area contributed by atoms with Crippen LogP contribution >= 0.6 is 0 Å². The van der Waals surface area contributed by atoms with E-state index in [0.717, 1.165) is 24.8 Å². The Labute approximate surface area is 216 Å². The number of fused-ring (bicyclic) bond motifs is 2. The zero-order valence-corrected chi connectivity index (χ0v) is 21.0. The fourth-order valence-corrected chi connectivity index (χ4v) is 5.22. The van der Waals surface area contributed by atoms with Gasteiger partial charge in [-0.05, 0) is 67.1 Å². The first-order valence-electron chi connectivity index (χ1n) is 12.7. The summed E-state index contributed by atoms with van der Waals surface area (Å²) < 4.78 is 11.4. The molecule has 2 atom stereocenters. The molecule has 0 spiro atoms. The number of aryl methyl sites for hydroxylation is 1. The van der Waals surface area contributed by atoms with Crippen LogP contribution in [0.15, 0.2) is 66.7 Å². The first-order valence-corrected chi connectivity index (χ1v) is 12.7. The van der Waals surface area contributed by atoms with E-state index in [1.54, 1.807) is 36.4 Å². The smallest absolute Gasteiger partial charge is 0.308 e. The Morgan fingerprint density at radius 3 is 2.65 bits per heavy atom. The molecule has 7 heteroatoms. The van der Waals surface area contributed by atoms with Crippen molar-refractivity contribution >= 4 is 23.5 Å². The Balaban J connectivity index is 1.45. The summed E-state index contributed by atoms with van der Waals surface area (Å²) in [5.41, 5.74) is 4.14. The van der Waals surface area contributed by atoms with E-state index in [4.69, 9.17) is 9.47 Å². The summed E-state index contributed by atoms with van der Waals surface area (Å²) in [4.78, 5) is 40.1. The van der Waals surface area contributed by atoms with Crippen molar-refractivity contribution in [2.45, 2.75) is 58.2 Å². The molecular weight excluding hydrogens is 468 g/mol. The van der Waals surface area contributed by atoms with Gasteiger partial charge in [-0.15, -0.1) is 0 Å². The first kappa shape index (κ1) is 24.6. The standard InChI is InChI=1S/C30H30N2O5/c1-3-26-30(35)32(25-13-8-10-20-9-4-5-11-23(20)25)18-21-17-22(15-16-27(21)37-26)31-29(34)24-12-6-7-14-28(24)36-19(2)33/h4-7,9,11-12,14-17,25-26H,3,8,10,13,18H2,1-2H3,(H,31,34)/t25-,26+/m0/s1. The molecule has 1 aliphatic heterocycles. The number of carbonyl (C=O) groups excluding carboxylic acids is 3. The molecule has 1 N–H and O–H groups in total. The van der Waals surface area contributed by atoms with E-state index < -0.39 is 18.0 Å². The second kappa shape index (κ2) is 10.5. The highest BCUT2D eigenvalue weighted by atomic mass is 16.5. The van der Waals surface area contributed by atoms with Gasteiger partial charge < -0.3 is 19.7 Å². The van der Waals surface area contributed by atoms with Gasteiger partial charge in [0, 0.05) is 18.2 Å². The maximum absolute atomic E-state index is 13.6. The first-order chi connectivity index (χ1) is 17.9. The summed E-state index contributed by atoms with van der Waals surface area (Å²) in [6.45, 7) is 3.63. The Kier molecular flexibility index (Phi) is 6.95. The molecule has 1 aliphatic carbocycles. The van der Waals surface area contributed by atoms with Crippen LogP contribution in [-0.4, -0.2) is 28.8 Å². The number of anilines is 1. The van der Waals surface area contributed by atoms with Gasteiger partial charge in [-0.3, -0.25) is 14.4 Å². The molecule has 37 heavy (non-hydrogen) atoms. The zero-order chi connectivity index (χ0) is 25.9. The normalized spacial score (nSPS) is 18.6. The summed E-state index contributed by atoms with van der Waals surface area (Å²) in [6, 6.07) is 20.3. The number of hydrogen-bond donors (Lipinski definition) is 1. The summed E-state index contributed by atoms with van der Waals surface area (Å²) >= 11 is 0. The van der Waals surface area contributed by atoms with Crippen molar-refractivity contribution in [2.24, 2.45) is 0 Å². The maximum Gasteiger partial charge on any atom is 0.308 e. The van der Waals surface area contributed by atoms with Crippen LogP contribution in [0, 0.1) is 0 Å². The van der Waals surface area contributed by atoms with Crippen LogP contribution in [0.3, 0.4) is 0 Å². The molecule has 0 unspecified atom stereocenters. The van der Waals surface area contributed by atoms with E-state index >= 15 is 0 Å². The predicted octanol–water partition coefficient (Wildman–Crippen LogP) is 5.44. The number of amides is 2. The van der Waals surface area contributed by atoms with Crippen molar-refractivity contribution in [1.82, 2.24) is 4.90 Å². The molecule has 2 amide bonds. The van der Waals surface area contributed by atoms with Gasteiger partial charge in [0.15, 0.2) is 6.10 Å². The number of nitrogens with one attached hydrogen (secondary N) is 1. The minimum absolute atomic E-state index is 0.0127. The van der Waals surface area contributed by atoms with Crippen molar-refractivity contribution in [3.63, 3.8) is 0 Å². The van der Waals surface area contributed by atoms with Crippen LogP contribution in [0.25, 0.3) is 0 Å². The summed E-state index contributed by atoms with van der Waals surface area (Å²) in [5.74, 6) is -0.0654. The second-order valence-corrected chi connectivity index (χ2v) is 9.45. The lowest BCUT2D eigenvalue weighted by atomic mass is 9.86. The molecule has 0 saturated heterocycles. The molecule has 7 nitrogen and oxygen atoms in total. The molecule has 0 bridgehead atoms. The number of benzene rings is 3. The van der Waals surface area contributed by atoms with Gasteiger partial charge in [0.1, 0.15) is 11.5 Å². The molecule has 0 saturated carbocycles. The van der Waals surface area contributed by atoms with Gasteiger partial charge in [-0.25, -0.2) is 0 Å². The Hall–Kier alpha value is -4.13. The van der Waals surface area contributed by atoms with E-state index in [-0.39, 0.29) is 23.3 Å². The lowest BCUT2D eigenvalue weighted by Crippen LogP contribution is -2.42. The highest BCUT2D eigenvalue weighted by Gasteiger charge is 2.36. The molecule has 190 valence electrons. The van der Waals surface area contributed by atoms with Crippen LogP contribution < -0.4 is 14.8 Å². The summed E-state index contributed by atoms with van der Waals surface area (Å²) in [5, 5.41) is 2.90. The quantitative estimate of drug-likeness (QED) is 0.374. The number of nitrogens with zero attached hydrogens (tertiary/aromatic N) is 1. The van der Waals surface area contributed by atoms with Crippen LogP contribution in [0.5, 0.6) is 11.5 Å². The van der Waals surface area contributed by atoms with Gasteiger partial charge in [-0.2, -0.15) is 0 Å². The van der Waals surface area contributed by atoms with Crippen molar-refractivity contribution in [2.75, 3.05) is 5.32 Å². The monoisotopic (exact) mass is 498 g/mol. The minimum atomic E-state index is -0.564. The molecule has 3 aromatic carbocycles. The fourth-order valence-electron chi connectivity index (χ4n) is 5.22. The van der Waals surface area contributed by atoms with Gasteiger partial charge in [0.05, 0.1) is 18.2 Å². The lowest BCUT2D eigenvalue weighted by molar-refractivity contribution is -0.141. The molecular formula is C30H30N2O5. The van der Waals surface area contributed by atoms with Gasteiger partial charge >= 0.3 is 5.97 Å². The molecule has 0 fully saturated rings. The molecule has 3 aromatic rings. The SMILES string of the molecule is CC[C@H]1Oc2ccc(NC(=O)c3ccccc3OC(C)=O)cc2CN([C@H]2CCCc3ccccc32)C1=O. The topological polar surface area (TPSA) is 84.9 Å². The Morgan fingerprint density at radius 1 is 1.05 bits per heavy atom. The highest BCUT2D eigenvalue weighted by Crippen LogP contribution is 2.39. The van der Waals surface area contributed by atoms with E-state index in [9.17, 15) is 14.4 Å². The van der Waals surface area contributed by atoms with Crippen molar-refractivity contribution in [1.29, 1.82) is 0 Å². The maximum atomic E-state index is 13.6. The van der Waals surface area contributed by atoms with Crippen LogP contribution in [0.4, 0.5) is 5.69 Å². The average molecular weight is 499 g/mol. The van der Waals surface area contributed by atoms with Crippen LogP contribution in [-0.2, 0) is 22.6 Å². The van der Waals surface area contributed by atoms with Gasteiger partial charge in [0.25, 0.3) is 11.8 Å². The average Bonchev–Trinajstić information content (AvgIpc) is 3.04. The summed E-state index contributed by atoms with van der Waals surface area (Å²) in [6.07, 6.45) is 2.94. The van der Waals surface area contributed by atoms with Crippen molar-refractivity contribution in [3.05, 3.63) is 89.0 Å². The van der Waals surface area contributed by atoms with E-state index in [1.165, 1.54) is 18.1 Å². The zero-order valence-electron chi connectivity index (χ0n) is 21.0. The van der Waals surface area contributed by atoms with Crippen molar-refractivity contribution in [3.8, 4) is 11.5 Å². The number of esters is 1. The third kappa shape index (κ3) is 5.07. The summed E-state index contributed by atoms with van der Waals surface area (Å²) in [7, 11) is 0. The van der Waals surface area contributed by atoms with Gasteiger partial charge in [0.2, 0.25) is 0 Å². The minimum Gasteiger partial charge on any atom is -0.480 e. The molecule has 2 aliphatic rings. The molecule has 5 rings (SSSR count). The second-order valence-electron chi connectivity index (χ2n) is 9.45. The van der Waals surface area contributed by atoms with Crippen LogP contribution in [0.1, 0.15) is 66.2 Å². The number of para-hydroxylation sites is 1. The van der Waals surface area contributed by atoms with Crippen molar-refractivity contribution < 1.29 is 23.9 Å². The molecule has 1 heterocycles. The Bertz CT molecular complexity index is 1350. The predicted molar refractivity (Wildman–Crippen MR) is 140 cm³/mol.